The van der Waals surface area contributed by atoms with Crippen molar-refractivity contribution in [3.63, 3.8) is 0 Å². The summed E-state index contributed by atoms with van der Waals surface area (Å²) in [6, 6.07) is 2.97. The fraction of sp³-hybridized carbons (Fsp3) is 0.412. The molecule has 2 aliphatic rings. The van der Waals surface area contributed by atoms with E-state index in [-0.39, 0.29) is 11.3 Å². The topological polar surface area (TPSA) is 30.5 Å². The zero-order valence-corrected chi connectivity index (χ0v) is 12.8. The van der Waals surface area contributed by atoms with E-state index in [1.165, 1.54) is 12.1 Å². The second-order valence-electron chi connectivity index (χ2n) is 5.70. The highest BCUT2D eigenvalue weighted by molar-refractivity contribution is 5.98. The molecule has 0 radical (unpaired) electrons. The summed E-state index contributed by atoms with van der Waals surface area (Å²) < 4.78 is 39.8. The molecule has 1 heterocycles. The minimum Gasteiger partial charge on any atom is -0.370 e. The summed E-state index contributed by atoms with van der Waals surface area (Å²) in [4.78, 5) is 10.0. The third kappa shape index (κ3) is 3.22. The van der Waals surface area contributed by atoms with E-state index in [2.05, 4.69) is 12.6 Å². The van der Waals surface area contributed by atoms with E-state index in [9.17, 15) is 13.2 Å². The monoisotopic (exact) mass is 325 g/mol. The number of allylic oxidation sites excluding steroid dienone is 4. The molecular formula is C17H18F3NO2. The van der Waals surface area contributed by atoms with Crippen molar-refractivity contribution in [2.75, 3.05) is 0 Å². The maximum absolute atomic E-state index is 13.3. The molecule has 0 bridgehead atoms. The van der Waals surface area contributed by atoms with Gasteiger partial charge in [0.25, 0.3) is 0 Å². The third-order valence-corrected chi connectivity index (χ3v) is 4.02. The molecule has 0 saturated heterocycles. The first-order chi connectivity index (χ1) is 11.0. The Labute approximate surface area is 132 Å². The molecule has 1 aromatic carbocycles. The Kier molecular flexibility index (Phi) is 4.35. The molecule has 0 spiro atoms. The zero-order chi connectivity index (χ0) is 16.4. The highest BCUT2D eigenvalue weighted by Gasteiger charge is 2.40. The number of unbranched alkanes of at least 4 members (excludes halogenated alkanes) is 4. The molecule has 3 rings (SSSR count). The van der Waals surface area contributed by atoms with E-state index < -0.39 is 11.7 Å². The van der Waals surface area contributed by atoms with Gasteiger partial charge >= 0.3 is 6.18 Å². The first-order valence-electron chi connectivity index (χ1n) is 7.77. The standard InChI is InChI=1S/C17H18F3NO2/c1-2-3-4-5-6-7-11-8-14(17(18,19)20)13-10-16-15(9-12(11)13)22-21-23-16/h7-10,21H,2-6H2,1H3/b11-7+. The van der Waals surface area contributed by atoms with Gasteiger partial charge in [-0.2, -0.15) is 13.2 Å². The molecule has 0 fully saturated rings. The van der Waals surface area contributed by atoms with Crippen LogP contribution in [-0.2, 0) is 0 Å². The van der Waals surface area contributed by atoms with Gasteiger partial charge in [-0.05, 0) is 47.8 Å². The molecule has 1 aliphatic heterocycles. The van der Waals surface area contributed by atoms with Crippen LogP contribution in [0.5, 0.6) is 11.5 Å². The van der Waals surface area contributed by atoms with E-state index in [0.29, 0.717) is 16.9 Å². The molecule has 124 valence electrons. The lowest BCUT2D eigenvalue weighted by Gasteiger charge is -2.09. The molecule has 1 N–H and O–H groups in total. The number of rotatable bonds is 5. The molecule has 0 atom stereocenters. The van der Waals surface area contributed by atoms with E-state index >= 15 is 0 Å². The SMILES string of the molecule is CCCCCC/C=C1\C=C(C(F)(F)F)c2cc3c(cc21)ONO3. The number of hydrogen-bond donors (Lipinski definition) is 1. The summed E-state index contributed by atoms with van der Waals surface area (Å²) in [5.41, 5.74) is 2.85. The molecule has 0 saturated carbocycles. The molecule has 6 heteroatoms. The van der Waals surface area contributed by atoms with Crippen molar-refractivity contribution in [2.45, 2.75) is 45.2 Å². The number of nitrogens with one attached hydrogen (secondary N) is 1. The Morgan fingerprint density at radius 2 is 1.74 bits per heavy atom. The fourth-order valence-electron chi connectivity index (χ4n) is 2.83. The van der Waals surface area contributed by atoms with Gasteiger partial charge in [-0.25, -0.2) is 0 Å². The van der Waals surface area contributed by atoms with E-state index in [1.807, 2.05) is 6.08 Å². The van der Waals surface area contributed by atoms with Gasteiger partial charge in [0.2, 0.25) is 0 Å². The largest absolute Gasteiger partial charge is 0.417 e. The summed E-state index contributed by atoms with van der Waals surface area (Å²) in [5, 5.41) is 0. The van der Waals surface area contributed by atoms with E-state index in [0.717, 1.165) is 32.1 Å². The Morgan fingerprint density at radius 3 is 2.39 bits per heavy atom. The second kappa shape index (κ2) is 6.28. The Morgan fingerprint density at radius 1 is 1.04 bits per heavy atom. The molecule has 1 aromatic rings. The van der Waals surface area contributed by atoms with Crippen LogP contribution in [0.3, 0.4) is 0 Å². The van der Waals surface area contributed by atoms with Gasteiger partial charge in [0.1, 0.15) is 0 Å². The molecule has 1 aliphatic carbocycles. The Balaban J connectivity index is 1.90. The third-order valence-electron chi connectivity index (χ3n) is 4.02. The predicted octanol–water partition coefficient (Wildman–Crippen LogP) is 5.19. The van der Waals surface area contributed by atoms with Gasteiger partial charge in [0.15, 0.2) is 11.5 Å². The van der Waals surface area contributed by atoms with Crippen molar-refractivity contribution in [3.05, 3.63) is 35.4 Å². The van der Waals surface area contributed by atoms with Crippen molar-refractivity contribution in [1.82, 2.24) is 5.64 Å². The van der Waals surface area contributed by atoms with Crippen molar-refractivity contribution >= 4 is 11.1 Å². The van der Waals surface area contributed by atoms with Gasteiger partial charge in [-0.15, -0.1) is 0 Å². The van der Waals surface area contributed by atoms with Crippen LogP contribution < -0.4 is 15.3 Å². The predicted molar refractivity (Wildman–Crippen MR) is 81.6 cm³/mol. The lowest BCUT2D eigenvalue weighted by atomic mass is 10.0. The van der Waals surface area contributed by atoms with Crippen molar-refractivity contribution < 1.29 is 22.8 Å². The lowest BCUT2D eigenvalue weighted by molar-refractivity contribution is -0.0687. The first-order valence-corrected chi connectivity index (χ1v) is 7.77. The number of alkyl halides is 3. The van der Waals surface area contributed by atoms with Crippen molar-refractivity contribution in [2.24, 2.45) is 0 Å². The molecule has 0 aromatic heterocycles. The smallest absolute Gasteiger partial charge is 0.370 e. The average molecular weight is 325 g/mol. The molecule has 0 unspecified atom stereocenters. The summed E-state index contributed by atoms with van der Waals surface area (Å²) in [6.07, 6.45) is 3.82. The lowest BCUT2D eigenvalue weighted by Crippen LogP contribution is -2.14. The van der Waals surface area contributed by atoms with Crippen LogP contribution in [0.4, 0.5) is 13.2 Å². The van der Waals surface area contributed by atoms with Gasteiger partial charge in [-0.1, -0.05) is 32.3 Å². The van der Waals surface area contributed by atoms with Crippen LogP contribution >= 0.6 is 0 Å². The molecule has 23 heavy (non-hydrogen) atoms. The van der Waals surface area contributed by atoms with E-state index in [4.69, 9.17) is 9.68 Å². The van der Waals surface area contributed by atoms with Crippen LogP contribution in [0.15, 0.2) is 24.3 Å². The highest BCUT2D eigenvalue weighted by atomic mass is 19.4. The maximum Gasteiger partial charge on any atom is 0.417 e. The van der Waals surface area contributed by atoms with Gasteiger partial charge < -0.3 is 9.68 Å². The number of benzene rings is 1. The van der Waals surface area contributed by atoms with Gasteiger partial charge in [0.05, 0.1) is 5.57 Å². The highest BCUT2D eigenvalue weighted by Crippen LogP contribution is 2.48. The summed E-state index contributed by atoms with van der Waals surface area (Å²) in [6.45, 7) is 2.13. The van der Waals surface area contributed by atoms with Gasteiger partial charge in [-0.3, -0.25) is 0 Å². The fourth-order valence-corrected chi connectivity index (χ4v) is 2.83. The minimum atomic E-state index is -4.40. The van der Waals surface area contributed by atoms with Crippen molar-refractivity contribution in [1.29, 1.82) is 0 Å². The second-order valence-corrected chi connectivity index (χ2v) is 5.70. The average Bonchev–Trinajstić information content (AvgIpc) is 3.08. The molecule has 0 amide bonds. The van der Waals surface area contributed by atoms with Crippen molar-refractivity contribution in [3.8, 4) is 11.5 Å². The molecule has 3 nitrogen and oxygen atoms in total. The first kappa shape index (κ1) is 15.9. The van der Waals surface area contributed by atoms with Gasteiger partial charge in [0, 0.05) is 5.64 Å². The summed E-state index contributed by atoms with van der Waals surface area (Å²) in [5.74, 6) is 0.667. The van der Waals surface area contributed by atoms with Crippen LogP contribution in [0, 0.1) is 0 Å². The number of halogens is 3. The quantitative estimate of drug-likeness (QED) is 0.756. The Bertz CT molecular complexity index is 663. The molecular weight excluding hydrogens is 307 g/mol. The van der Waals surface area contributed by atoms with E-state index in [1.54, 1.807) is 6.07 Å². The van der Waals surface area contributed by atoms with Crippen LogP contribution in [0.1, 0.15) is 50.2 Å². The summed E-state index contributed by atoms with van der Waals surface area (Å²) >= 11 is 0. The zero-order valence-electron chi connectivity index (χ0n) is 12.8. The normalized spacial score (nSPS) is 17.6. The number of hydrogen-bond acceptors (Lipinski definition) is 3. The Hall–Kier alpha value is -1.95. The van der Waals surface area contributed by atoms with Crippen LogP contribution in [-0.4, -0.2) is 6.18 Å². The van der Waals surface area contributed by atoms with Crippen LogP contribution in [0.2, 0.25) is 0 Å². The summed E-state index contributed by atoms with van der Waals surface area (Å²) in [7, 11) is 0. The minimum absolute atomic E-state index is 0.142. The number of fused-ring (bicyclic) bond motifs is 2. The van der Waals surface area contributed by atoms with Crippen LogP contribution in [0.25, 0.3) is 11.1 Å². The maximum atomic E-state index is 13.3.